The van der Waals surface area contributed by atoms with Gasteiger partial charge in [-0.25, -0.2) is 13.2 Å². The first-order valence-corrected chi connectivity index (χ1v) is 10.2. The van der Waals surface area contributed by atoms with Gasteiger partial charge in [0.1, 0.15) is 9.84 Å². The standard InChI is InChI=1S/C15H20Cl2N2O4S/c1-10(20)9-19(12-4-6-24(22,23)7-5-12)15(21)18-14-8-11(16)2-3-13(14)17/h2-3,8,10,12,20H,4-7,9H2,1H3,(H,18,21). The smallest absolute Gasteiger partial charge is 0.322 e. The molecule has 0 aromatic heterocycles. The van der Waals surface area contributed by atoms with E-state index in [0.29, 0.717) is 28.6 Å². The van der Waals surface area contributed by atoms with Crippen molar-refractivity contribution >= 4 is 44.8 Å². The number of aliphatic hydroxyl groups is 1. The van der Waals surface area contributed by atoms with Gasteiger partial charge >= 0.3 is 6.03 Å². The van der Waals surface area contributed by atoms with Crippen molar-refractivity contribution in [1.82, 2.24) is 4.90 Å². The number of hydrogen-bond acceptors (Lipinski definition) is 4. The van der Waals surface area contributed by atoms with Crippen LogP contribution in [-0.4, -0.2) is 54.7 Å². The summed E-state index contributed by atoms with van der Waals surface area (Å²) in [6, 6.07) is 4.03. The molecule has 24 heavy (non-hydrogen) atoms. The monoisotopic (exact) mass is 394 g/mol. The van der Waals surface area contributed by atoms with Gasteiger partial charge in [0.25, 0.3) is 0 Å². The molecule has 1 heterocycles. The molecule has 1 aliphatic heterocycles. The van der Waals surface area contributed by atoms with E-state index in [-0.39, 0.29) is 24.1 Å². The van der Waals surface area contributed by atoms with Gasteiger partial charge in [0.05, 0.1) is 28.3 Å². The summed E-state index contributed by atoms with van der Waals surface area (Å²) < 4.78 is 23.2. The number of sulfone groups is 1. The zero-order valence-corrected chi connectivity index (χ0v) is 15.5. The number of carbonyl (C=O) groups excluding carboxylic acids is 1. The molecule has 134 valence electrons. The number of halogens is 2. The summed E-state index contributed by atoms with van der Waals surface area (Å²) in [6.07, 6.45) is -0.0264. The Bertz CT molecular complexity index is 695. The first-order chi connectivity index (χ1) is 11.2. The summed E-state index contributed by atoms with van der Waals surface area (Å²) in [4.78, 5) is 14.1. The second-order valence-electron chi connectivity index (χ2n) is 5.94. The molecule has 0 radical (unpaired) electrons. The zero-order valence-electron chi connectivity index (χ0n) is 13.2. The highest BCUT2D eigenvalue weighted by Crippen LogP contribution is 2.27. The van der Waals surface area contributed by atoms with Gasteiger partial charge in [-0.3, -0.25) is 0 Å². The van der Waals surface area contributed by atoms with E-state index in [4.69, 9.17) is 23.2 Å². The van der Waals surface area contributed by atoms with Crippen LogP contribution in [0.5, 0.6) is 0 Å². The zero-order chi connectivity index (χ0) is 17.9. The lowest BCUT2D eigenvalue weighted by Crippen LogP contribution is -2.49. The summed E-state index contributed by atoms with van der Waals surface area (Å²) in [5, 5.41) is 13.1. The number of carbonyl (C=O) groups is 1. The van der Waals surface area contributed by atoms with E-state index in [1.54, 1.807) is 19.1 Å². The molecule has 0 bridgehead atoms. The van der Waals surface area contributed by atoms with Crippen LogP contribution in [0.2, 0.25) is 10.0 Å². The fourth-order valence-electron chi connectivity index (χ4n) is 2.65. The van der Waals surface area contributed by atoms with Crippen molar-refractivity contribution in [2.24, 2.45) is 0 Å². The number of hydrogen-bond donors (Lipinski definition) is 2. The molecule has 2 N–H and O–H groups in total. The van der Waals surface area contributed by atoms with E-state index < -0.39 is 22.0 Å². The Morgan fingerprint density at radius 1 is 1.38 bits per heavy atom. The van der Waals surface area contributed by atoms with Gasteiger partial charge in [-0.15, -0.1) is 0 Å². The Morgan fingerprint density at radius 3 is 2.58 bits per heavy atom. The highest BCUT2D eigenvalue weighted by atomic mass is 35.5. The number of urea groups is 1. The maximum Gasteiger partial charge on any atom is 0.322 e. The van der Waals surface area contributed by atoms with Crippen molar-refractivity contribution in [3.05, 3.63) is 28.2 Å². The van der Waals surface area contributed by atoms with Crippen LogP contribution in [0.25, 0.3) is 0 Å². The number of amides is 2. The lowest BCUT2D eigenvalue weighted by molar-refractivity contribution is 0.114. The van der Waals surface area contributed by atoms with Gasteiger partial charge in [0.2, 0.25) is 0 Å². The van der Waals surface area contributed by atoms with E-state index in [9.17, 15) is 18.3 Å². The highest BCUT2D eigenvalue weighted by molar-refractivity contribution is 7.91. The molecule has 2 rings (SSSR count). The average Bonchev–Trinajstić information content (AvgIpc) is 2.48. The predicted octanol–water partition coefficient (Wildman–Crippen LogP) is 2.79. The van der Waals surface area contributed by atoms with Crippen LogP contribution in [0.4, 0.5) is 10.5 Å². The number of benzene rings is 1. The molecular weight excluding hydrogens is 375 g/mol. The van der Waals surface area contributed by atoms with E-state index in [0.717, 1.165) is 0 Å². The lowest BCUT2D eigenvalue weighted by Gasteiger charge is -2.35. The maximum atomic E-state index is 12.6. The summed E-state index contributed by atoms with van der Waals surface area (Å²) in [7, 11) is -3.03. The normalized spacial score (nSPS) is 18.8. The van der Waals surface area contributed by atoms with Crippen LogP contribution in [-0.2, 0) is 9.84 Å². The Morgan fingerprint density at radius 2 is 2.00 bits per heavy atom. The minimum atomic E-state index is -3.03. The third-order valence-electron chi connectivity index (χ3n) is 3.86. The van der Waals surface area contributed by atoms with Crippen LogP contribution < -0.4 is 5.32 Å². The molecule has 1 saturated heterocycles. The molecule has 0 aliphatic carbocycles. The molecule has 1 aliphatic rings. The Hall–Kier alpha value is -1.02. The molecule has 1 aromatic carbocycles. The molecular formula is C15H20Cl2N2O4S. The van der Waals surface area contributed by atoms with Crippen molar-refractivity contribution in [2.45, 2.75) is 31.9 Å². The fourth-order valence-corrected chi connectivity index (χ4v) is 4.46. The third-order valence-corrected chi connectivity index (χ3v) is 6.14. The molecule has 1 aromatic rings. The second-order valence-corrected chi connectivity index (χ2v) is 9.09. The van der Waals surface area contributed by atoms with Crippen molar-refractivity contribution in [1.29, 1.82) is 0 Å². The third kappa shape index (κ3) is 5.24. The highest BCUT2D eigenvalue weighted by Gasteiger charge is 2.31. The summed E-state index contributed by atoms with van der Waals surface area (Å²) in [5.41, 5.74) is 0.369. The van der Waals surface area contributed by atoms with E-state index in [1.165, 1.54) is 11.0 Å². The number of aliphatic hydroxyl groups excluding tert-OH is 1. The van der Waals surface area contributed by atoms with E-state index in [1.807, 2.05) is 0 Å². The fraction of sp³-hybridized carbons (Fsp3) is 0.533. The summed E-state index contributed by atoms with van der Waals surface area (Å²) in [5.74, 6) is 0.0817. The van der Waals surface area contributed by atoms with Gasteiger partial charge in [0.15, 0.2) is 0 Å². The van der Waals surface area contributed by atoms with Crippen molar-refractivity contribution in [2.75, 3.05) is 23.4 Å². The van der Waals surface area contributed by atoms with Crippen LogP contribution in [0, 0.1) is 0 Å². The van der Waals surface area contributed by atoms with Gasteiger partial charge in [-0.2, -0.15) is 0 Å². The minimum Gasteiger partial charge on any atom is -0.392 e. The van der Waals surface area contributed by atoms with Crippen molar-refractivity contribution < 1.29 is 18.3 Å². The maximum absolute atomic E-state index is 12.6. The number of nitrogens with zero attached hydrogens (tertiary/aromatic N) is 1. The lowest BCUT2D eigenvalue weighted by atomic mass is 10.1. The van der Waals surface area contributed by atoms with Gasteiger partial charge in [0, 0.05) is 17.6 Å². The molecule has 0 saturated carbocycles. The quantitative estimate of drug-likeness (QED) is 0.821. The average molecular weight is 395 g/mol. The minimum absolute atomic E-state index is 0.0409. The predicted molar refractivity (Wildman–Crippen MR) is 95.5 cm³/mol. The van der Waals surface area contributed by atoms with Gasteiger partial charge in [-0.1, -0.05) is 23.2 Å². The molecule has 1 unspecified atom stereocenters. The SMILES string of the molecule is CC(O)CN(C(=O)Nc1cc(Cl)ccc1Cl)C1CCS(=O)(=O)CC1. The molecule has 0 spiro atoms. The Balaban J connectivity index is 2.15. The Kier molecular flexibility index (Phi) is 6.36. The first-order valence-electron chi connectivity index (χ1n) is 7.59. The van der Waals surface area contributed by atoms with Crippen LogP contribution in [0.1, 0.15) is 19.8 Å². The number of nitrogens with one attached hydrogen (secondary N) is 1. The topological polar surface area (TPSA) is 86.7 Å². The first kappa shape index (κ1) is 19.3. The van der Waals surface area contributed by atoms with Crippen molar-refractivity contribution in [3.8, 4) is 0 Å². The van der Waals surface area contributed by atoms with Crippen molar-refractivity contribution in [3.63, 3.8) is 0 Å². The number of rotatable bonds is 4. The second kappa shape index (κ2) is 7.91. The van der Waals surface area contributed by atoms with E-state index >= 15 is 0 Å². The summed E-state index contributed by atoms with van der Waals surface area (Å²) in [6.45, 7) is 1.68. The molecule has 1 fully saturated rings. The molecule has 1 atom stereocenters. The van der Waals surface area contributed by atoms with Crippen LogP contribution >= 0.6 is 23.2 Å². The van der Waals surface area contributed by atoms with Gasteiger partial charge in [-0.05, 0) is 38.0 Å². The molecule has 9 heteroatoms. The van der Waals surface area contributed by atoms with Crippen LogP contribution in [0.3, 0.4) is 0 Å². The largest absolute Gasteiger partial charge is 0.392 e. The van der Waals surface area contributed by atoms with Gasteiger partial charge < -0.3 is 15.3 Å². The molecule has 6 nitrogen and oxygen atoms in total. The summed E-state index contributed by atoms with van der Waals surface area (Å²) >= 11 is 12.0. The number of anilines is 1. The van der Waals surface area contributed by atoms with E-state index in [2.05, 4.69) is 5.32 Å². The molecule has 2 amide bonds. The van der Waals surface area contributed by atoms with Crippen LogP contribution in [0.15, 0.2) is 18.2 Å². The Labute approximate surface area is 151 Å².